The number of thiocarbonyl (C=S) groups is 1. The summed E-state index contributed by atoms with van der Waals surface area (Å²) >= 11 is 5.29. The fraction of sp³-hybridized carbons (Fsp3) is 0.200. The Morgan fingerprint density at radius 1 is 1.15 bits per heavy atom. The highest BCUT2D eigenvalue weighted by Crippen LogP contribution is 2.22. The molecular weight excluding hydrogens is 434 g/mol. The number of rotatable bonds is 7. The van der Waals surface area contributed by atoms with Gasteiger partial charge in [0.2, 0.25) is 5.91 Å². The highest BCUT2D eigenvalue weighted by atomic mass is 32.1. The first-order chi connectivity index (χ1) is 16.0. The van der Waals surface area contributed by atoms with Gasteiger partial charge in [-0.25, -0.2) is 0 Å². The van der Waals surface area contributed by atoms with Crippen molar-refractivity contribution in [2.24, 2.45) is 0 Å². The Bertz CT molecular complexity index is 1290. The smallest absolute Gasteiger partial charge is 0.250 e. The van der Waals surface area contributed by atoms with Crippen LogP contribution < -0.4 is 10.6 Å². The summed E-state index contributed by atoms with van der Waals surface area (Å²) in [4.78, 5) is 13.7. The molecule has 0 saturated carbocycles. The van der Waals surface area contributed by atoms with E-state index >= 15 is 0 Å². The Morgan fingerprint density at radius 3 is 2.61 bits per heavy atom. The molecule has 168 valence electrons. The number of hydrogen-bond donors (Lipinski definition) is 2. The number of nitrogens with one attached hydrogen (secondary N) is 2. The van der Waals surface area contributed by atoms with Gasteiger partial charge in [0.1, 0.15) is 16.8 Å². The highest BCUT2D eigenvalue weighted by molar-refractivity contribution is 7.80. The molecule has 7 nitrogen and oxygen atoms in total. The summed E-state index contributed by atoms with van der Waals surface area (Å²) in [6.45, 7) is 4.14. The number of furan rings is 1. The summed E-state index contributed by atoms with van der Waals surface area (Å²) in [6.07, 6.45) is 7.92. The molecule has 1 amide bonds. The molecule has 2 aromatic heterocycles. The lowest BCUT2D eigenvalue weighted by molar-refractivity contribution is -0.115. The van der Waals surface area contributed by atoms with Gasteiger partial charge in [0, 0.05) is 11.8 Å². The molecule has 0 atom stereocenters. The van der Waals surface area contributed by atoms with Gasteiger partial charge in [0.15, 0.2) is 5.11 Å². The summed E-state index contributed by atoms with van der Waals surface area (Å²) in [6, 6.07) is 15.7. The lowest BCUT2D eigenvalue weighted by Crippen LogP contribution is -2.33. The second kappa shape index (κ2) is 10.2. The number of amides is 1. The van der Waals surface area contributed by atoms with Crippen LogP contribution >= 0.6 is 12.2 Å². The van der Waals surface area contributed by atoms with Crippen LogP contribution in [0.1, 0.15) is 36.7 Å². The van der Waals surface area contributed by atoms with Crippen LogP contribution in [0.25, 0.3) is 22.8 Å². The predicted molar refractivity (Wildman–Crippen MR) is 134 cm³/mol. The number of carbonyl (C=O) groups is 1. The lowest BCUT2D eigenvalue weighted by atomic mass is 10.1. The molecule has 0 bridgehead atoms. The van der Waals surface area contributed by atoms with Gasteiger partial charge in [-0.05, 0) is 85.6 Å². The van der Waals surface area contributed by atoms with Crippen molar-refractivity contribution in [3.63, 3.8) is 0 Å². The molecule has 4 rings (SSSR count). The van der Waals surface area contributed by atoms with Crippen molar-refractivity contribution < 1.29 is 9.21 Å². The van der Waals surface area contributed by atoms with Crippen molar-refractivity contribution in [2.75, 3.05) is 5.32 Å². The molecule has 0 aliphatic carbocycles. The van der Waals surface area contributed by atoms with Crippen molar-refractivity contribution in [2.45, 2.75) is 33.1 Å². The molecule has 0 radical (unpaired) electrons. The first-order valence-corrected chi connectivity index (χ1v) is 11.2. The molecular formula is C25H25N5O2S. The third-order valence-electron chi connectivity index (χ3n) is 5.14. The van der Waals surface area contributed by atoms with E-state index in [-0.39, 0.29) is 11.0 Å². The van der Waals surface area contributed by atoms with Gasteiger partial charge in [-0.15, -0.1) is 10.2 Å². The molecule has 0 saturated heterocycles. The molecule has 2 aromatic carbocycles. The Morgan fingerprint density at radius 2 is 1.91 bits per heavy atom. The van der Waals surface area contributed by atoms with Crippen LogP contribution in [0.3, 0.4) is 0 Å². The fourth-order valence-corrected chi connectivity index (χ4v) is 3.56. The number of fused-ring (bicyclic) bond motifs is 1. The number of carbonyl (C=O) groups excluding carboxylic acids is 1. The van der Waals surface area contributed by atoms with E-state index < -0.39 is 0 Å². The summed E-state index contributed by atoms with van der Waals surface area (Å²) in [7, 11) is 0. The molecule has 4 aromatic rings. The maximum absolute atomic E-state index is 12.1. The van der Waals surface area contributed by atoms with E-state index in [0.717, 1.165) is 34.4 Å². The second-order valence-electron chi connectivity index (χ2n) is 7.71. The second-order valence-corrected chi connectivity index (χ2v) is 8.12. The molecule has 8 heteroatoms. The van der Waals surface area contributed by atoms with Crippen LogP contribution in [-0.4, -0.2) is 26.0 Å². The third kappa shape index (κ3) is 5.72. The third-order valence-corrected chi connectivity index (χ3v) is 5.34. The zero-order valence-electron chi connectivity index (χ0n) is 18.5. The van der Waals surface area contributed by atoms with Crippen LogP contribution in [0.5, 0.6) is 0 Å². The number of benzene rings is 2. The summed E-state index contributed by atoms with van der Waals surface area (Å²) in [5, 5.41) is 15.1. The van der Waals surface area contributed by atoms with E-state index in [1.807, 2.05) is 31.2 Å². The largest absolute Gasteiger partial charge is 0.465 e. The normalized spacial score (nSPS) is 11.2. The average molecular weight is 460 g/mol. The van der Waals surface area contributed by atoms with Gasteiger partial charge in [-0.3, -0.25) is 10.1 Å². The van der Waals surface area contributed by atoms with Crippen molar-refractivity contribution in [3.05, 3.63) is 77.8 Å². The molecule has 0 spiro atoms. The van der Waals surface area contributed by atoms with Crippen molar-refractivity contribution in [1.82, 2.24) is 20.3 Å². The SMILES string of the molecule is CCCCc1ccc(-n2nc3cc(C)c(NC(=S)NC(=O)C=Cc4ccco4)cc3n2)cc1. The van der Waals surface area contributed by atoms with Gasteiger partial charge in [0.05, 0.1) is 12.0 Å². The van der Waals surface area contributed by atoms with E-state index in [0.29, 0.717) is 5.76 Å². The zero-order valence-corrected chi connectivity index (χ0v) is 19.4. The molecule has 2 N–H and O–H groups in total. The van der Waals surface area contributed by atoms with Gasteiger partial charge < -0.3 is 9.73 Å². The number of aryl methyl sites for hydroxylation is 2. The highest BCUT2D eigenvalue weighted by Gasteiger charge is 2.10. The monoisotopic (exact) mass is 459 g/mol. The van der Waals surface area contributed by atoms with Crippen LogP contribution in [0.4, 0.5) is 5.69 Å². The predicted octanol–water partition coefficient (Wildman–Crippen LogP) is 5.19. The van der Waals surface area contributed by atoms with Gasteiger partial charge in [-0.1, -0.05) is 25.5 Å². The molecule has 33 heavy (non-hydrogen) atoms. The number of hydrogen-bond acceptors (Lipinski definition) is 5. The fourth-order valence-electron chi connectivity index (χ4n) is 3.35. The zero-order chi connectivity index (χ0) is 23.2. The van der Waals surface area contributed by atoms with Crippen LogP contribution in [-0.2, 0) is 11.2 Å². The molecule has 2 heterocycles. The Kier molecular flexibility index (Phi) is 6.95. The first kappa shape index (κ1) is 22.4. The van der Waals surface area contributed by atoms with Crippen LogP contribution in [0.15, 0.2) is 65.3 Å². The number of aromatic nitrogens is 3. The Labute approximate surface area is 197 Å². The van der Waals surface area contributed by atoms with Crippen LogP contribution in [0.2, 0.25) is 0 Å². The van der Waals surface area contributed by atoms with Gasteiger partial charge in [-0.2, -0.15) is 4.80 Å². The minimum absolute atomic E-state index is 0.196. The number of nitrogens with zero attached hydrogens (tertiary/aromatic N) is 3. The van der Waals surface area contributed by atoms with E-state index in [1.165, 1.54) is 24.5 Å². The van der Waals surface area contributed by atoms with Crippen LogP contribution in [0, 0.1) is 6.92 Å². The summed E-state index contributed by atoms with van der Waals surface area (Å²) in [5.74, 6) is 0.236. The minimum atomic E-state index is -0.351. The summed E-state index contributed by atoms with van der Waals surface area (Å²) < 4.78 is 5.17. The lowest BCUT2D eigenvalue weighted by Gasteiger charge is -2.10. The van der Waals surface area contributed by atoms with Crippen molar-refractivity contribution >= 4 is 46.0 Å². The van der Waals surface area contributed by atoms with Gasteiger partial charge in [0.25, 0.3) is 0 Å². The van der Waals surface area contributed by atoms with E-state index in [1.54, 1.807) is 29.3 Å². The molecule has 0 aliphatic heterocycles. The van der Waals surface area contributed by atoms with Crippen molar-refractivity contribution in [1.29, 1.82) is 0 Å². The van der Waals surface area contributed by atoms with E-state index in [2.05, 4.69) is 39.9 Å². The standard InChI is InChI=1S/C25H25N5O2S/c1-3-4-6-18-8-10-19(11-9-18)30-28-22-15-17(2)21(16-23(22)29-30)26-25(33)27-24(31)13-12-20-7-5-14-32-20/h5,7-16H,3-4,6H2,1-2H3,(H2,26,27,31,33). The molecule has 0 unspecified atom stereocenters. The molecule has 0 aliphatic rings. The van der Waals surface area contributed by atoms with Crippen molar-refractivity contribution in [3.8, 4) is 5.69 Å². The number of anilines is 1. The average Bonchev–Trinajstić information content (AvgIpc) is 3.46. The first-order valence-electron chi connectivity index (χ1n) is 10.8. The maximum atomic E-state index is 12.1. The topological polar surface area (TPSA) is 85.0 Å². The Hall–Kier alpha value is -3.78. The van der Waals surface area contributed by atoms with E-state index in [4.69, 9.17) is 16.6 Å². The maximum Gasteiger partial charge on any atom is 0.250 e. The minimum Gasteiger partial charge on any atom is -0.465 e. The quantitative estimate of drug-likeness (QED) is 0.292. The molecule has 0 fully saturated rings. The van der Waals surface area contributed by atoms with Gasteiger partial charge >= 0.3 is 0 Å². The van der Waals surface area contributed by atoms with E-state index in [9.17, 15) is 4.79 Å². The Balaban J connectivity index is 1.45. The number of unbranched alkanes of at least 4 members (excludes halogenated alkanes) is 1. The summed E-state index contributed by atoms with van der Waals surface area (Å²) in [5.41, 5.74) is 5.42.